The van der Waals surface area contributed by atoms with Crippen LogP contribution < -0.4 is 10.9 Å². The van der Waals surface area contributed by atoms with Gasteiger partial charge in [-0.05, 0) is 41.5 Å². The molecule has 0 fully saturated rings. The van der Waals surface area contributed by atoms with E-state index < -0.39 is 16.5 Å². The number of para-hydroxylation sites is 1. The largest absolute Gasteiger partial charge is 0.422 e. The van der Waals surface area contributed by atoms with Crippen LogP contribution >= 0.6 is 0 Å². The Labute approximate surface area is 181 Å². The Morgan fingerprint density at radius 1 is 0.938 bits per heavy atom. The van der Waals surface area contributed by atoms with Crippen molar-refractivity contribution in [2.75, 3.05) is 5.32 Å². The minimum Gasteiger partial charge on any atom is -0.422 e. The van der Waals surface area contributed by atoms with Gasteiger partial charge in [-0.1, -0.05) is 30.3 Å². The van der Waals surface area contributed by atoms with E-state index in [1.165, 1.54) is 12.1 Å². The van der Waals surface area contributed by atoms with Crippen LogP contribution in [0.25, 0.3) is 21.9 Å². The number of non-ortho nitro benzene ring substituents is 1. The summed E-state index contributed by atoms with van der Waals surface area (Å²) < 4.78 is 5.67. The van der Waals surface area contributed by atoms with Crippen molar-refractivity contribution in [2.24, 2.45) is 0 Å². The highest BCUT2D eigenvalue weighted by Crippen LogP contribution is 2.48. The van der Waals surface area contributed by atoms with E-state index in [1.54, 1.807) is 24.4 Å². The van der Waals surface area contributed by atoms with Crippen LogP contribution in [-0.2, 0) is 0 Å². The van der Waals surface area contributed by atoms with Crippen LogP contribution in [0.4, 0.5) is 17.1 Å². The summed E-state index contributed by atoms with van der Waals surface area (Å²) in [7, 11) is 0. The number of nitrogens with one attached hydrogen (secondary N) is 1. The lowest BCUT2D eigenvalue weighted by atomic mass is 9.79. The van der Waals surface area contributed by atoms with Gasteiger partial charge in [0.15, 0.2) is 0 Å². The number of hydrogen-bond acceptors (Lipinski definition) is 6. The van der Waals surface area contributed by atoms with Crippen molar-refractivity contribution in [3.8, 4) is 0 Å². The fourth-order valence-corrected chi connectivity index (χ4v) is 4.59. The highest BCUT2D eigenvalue weighted by molar-refractivity contribution is 6.00. The number of pyridine rings is 1. The van der Waals surface area contributed by atoms with Crippen molar-refractivity contribution in [1.29, 1.82) is 0 Å². The first-order valence-electron chi connectivity index (χ1n) is 10.1. The van der Waals surface area contributed by atoms with Crippen LogP contribution in [0.3, 0.4) is 0 Å². The minimum atomic E-state index is -0.560. The van der Waals surface area contributed by atoms with Crippen LogP contribution in [0, 0.1) is 10.1 Å². The van der Waals surface area contributed by atoms with Gasteiger partial charge in [0.05, 0.1) is 21.7 Å². The van der Waals surface area contributed by atoms with Gasteiger partial charge in [-0.3, -0.25) is 15.1 Å². The Morgan fingerprint density at radius 2 is 1.78 bits per heavy atom. The second-order valence-corrected chi connectivity index (χ2v) is 7.68. The number of nitro groups is 1. The molecule has 1 aliphatic heterocycles. The molecule has 6 rings (SSSR count). The maximum absolute atomic E-state index is 13.3. The van der Waals surface area contributed by atoms with Crippen LogP contribution in [0.2, 0.25) is 0 Å². The average molecular weight is 421 g/mol. The Kier molecular flexibility index (Phi) is 3.85. The Bertz CT molecular complexity index is 1620. The maximum atomic E-state index is 13.3. The predicted octanol–water partition coefficient (Wildman–Crippen LogP) is 5.49. The normalized spacial score (nSPS) is 14.6. The molecule has 2 aromatic heterocycles. The summed E-state index contributed by atoms with van der Waals surface area (Å²) >= 11 is 0. The van der Waals surface area contributed by atoms with Crippen LogP contribution in [0.1, 0.15) is 22.6 Å². The van der Waals surface area contributed by atoms with E-state index in [-0.39, 0.29) is 5.69 Å². The third-order valence-electron chi connectivity index (χ3n) is 5.93. The Morgan fingerprint density at radius 3 is 2.66 bits per heavy atom. The number of anilines is 2. The van der Waals surface area contributed by atoms with Gasteiger partial charge in [0.1, 0.15) is 5.58 Å². The lowest BCUT2D eigenvalue weighted by Crippen LogP contribution is -2.23. The molecule has 1 atom stereocenters. The molecule has 7 nitrogen and oxygen atoms in total. The van der Waals surface area contributed by atoms with Gasteiger partial charge < -0.3 is 9.73 Å². The summed E-state index contributed by atoms with van der Waals surface area (Å²) in [6.07, 6.45) is 1.71. The highest BCUT2D eigenvalue weighted by Gasteiger charge is 2.34. The standard InChI is InChI=1S/C25H15N3O4/c29-25-23-21(14-5-3-6-15(13-14)28(30)31)22-16-8-4-12-26-18(16)10-11-19(22)27-24(23)17-7-1-2-9-20(17)32-25/h1-13,21,27H. The van der Waals surface area contributed by atoms with Gasteiger partial charge >= 0.3 is 5.63 Å². The number of rotatable bonds is 2. The minimum absolute atomic E-state index is 0.0346. The van der Waals surface area contributed by atoms with Gasteiger partial charge in [-0.25, -0.2) is 4.79 Å². The second-order valence-electron chi connectivity index (χ2n) is 7.68. The summed E-state index contributed by atoms with van der Waals surface area (Å²) in [6, 6.07) is 21.4. The van der Waals surface area contributed by atoms with Gasteiger partial charge in [0, 0.05) is 40.7 Å². The Hall–Kier alpha value is -4.52. The molecule has 0 bridgehead atoms. The molecular formula is C25H15N3O4. The van der Waals surface area contributed by atoms with E-state index in [0.717, 1.165) is 27.5 Å². The van der Waals surface area contributed by atoms with Gasteiger partial charge in [-0.15, -0.1) is 0 Å². The molecule has 1 N–H and O–H groups in total. The molecule has 3 aromatic carbocycles. The number of hydrogen-bond donors (Lipinski definition) is 1. The second kappa shape index (κ2) is 6.75. The lowest BCUT2D eigenvalue weighted by molar-refractivity contribution is -0.384. The lowest BCUT2D eigenvalue weighted by Gasteiger charge is -2.30. The van der Waals surface area contributed by atoms with Gasteiger partial charge in [0.2, 0.25) is 0 Å². The van der Waals surface area contributed by atoms with Crippen molar-refractivity contribution in [2.45, 2.75) is 5.92 Å². The van der Waals surface area contributed by atoms with E-state index in [9.17, 15) is 14.9 Å². The first kappa shape index (κ1) is 18.3. The van der Waals surface area contributed by atoms with Crippen molar-refractivity contribution < 1.29 is 9.34 Å². The average Bonchev–Trinajstić information content (AvgIpc) is 2.83. The fourth-order valence-electron chi connectivity index (χ4n) is 4.59. The van der Waals surface area contributed by atoms with Gasteiger partial charge in [0.25, 0.3) is 5.69 Å². The van der Waals surface area contributed by atoms with Crippen LogP contribution in [0.5, 0.6) is 0 Å². The predicted molar refractivity (Wildman–Crippen MR) is 122 cm³/mol. The summed E-state index contributed by atoms with van der Waals surface area (Å²) in [5.74, 6) is -0.560. The summed E-state index contributed by atoms with van der Waals surface area (Å²) in [5, 5.41) is 16.6. The molecule has 7 heteroatoms. The maximum Gasteiger partial charge on any atom is 0.342 e. The molecule has 32 heavy (non-hydrogen) atoms. The Balaban J connectivity index is 1.75. The number of nitrogens with zero attached hydrogens (tertiary/aromatic N) is 2. The topological polar surface area (TPSA) is 98.3 Å². The smallest absolute Gasteiger partial charge is 0.342 e. The zero-order chi connectivity index (χ0) is 21.8. The molecule has 0 amide bonds. The van der Waals surface area contributed by atoms with E-state index >= 15 is 0 Å². The van der Waals surface area contributed by atoms with Crippen LogP contribution in [-0.4, -0.2) is 9.91 Å². The molecule has 5 aromatic rings. The third kappa shape index (κ3) is 2.61. The van der Waals surface area contributed by atoms with Crippen molar-refractivity contribution in [3.05, 3.63) is 116 Å². The van der Waals surface area contributed by atoms with E-state index in [0.29, 0.717) is 22.4 Å². The third-order valence-corrected chi connectivity index (χ3v) is 5.93. The molecular weight excluding hydrogens is 406 g/mol. The highest BCUT2D eigenvalue weighted by atomic mass is 16.6. The van der Waals surface area contributed by atoms with E-state index in [2.05, 4.69) is 10.3 Å². The van der Waals surface area contributed by atoms with E-state index in [1.807, 2.05) is 42.5 Å². The molecule has 0 aliphatic carbocycles. The SMILES string of the molecule is O=c1oc2ccccc2c2c1C(c1cccc([N+](=O)[O-])c1)c1c(ccc3ncccc13)N2. The molecule has 1 unspecified atom stereocenters. The quantitative estimate of drug-likeness (QED) is 0.226. The fraction of sp³-hybridized carbons (Fsp3) is 0.0400. The summed E-state index contributed by atoms with van der Waals surface area (Å²) in [5.41, 5.74) is 4.13. The first-order valence-corrected chi connectivity index (χ1v) is 10.1. The molecule has 154 valence electrons. The zero-order valence-electron chi connectivity index (χ0n) is 16.6. The zero-order valence-corrected chi connectivity index (χ0v) is 16.6. The molecule has 3 heterocycles. The summed E-state index contributed by atoms with van der Waals surface area (Å²) in [6.45, 7) is 0. The number of aromatic nitrogens is 1. The van der Waals surface area contributed by atoms with Crippen molar-refractivity contribution in [1.82, 2.24) is 4.98 Å². The van der Waals surface area contributed by atoms with Gasteiger partial charge in [-0.2, -0.15) is 0 Å². The molecule has 0 spiro atoms. The van der Waals surface area contributed by atoms with Crippen molar-refractivity contribution >= 4 is 38.9 Å². The number of nitro benzene ring substituents is 1. The molecule has 0 saturated carbocycles. The number of benzene rings is 3. The number of fused-ring (bicyclic) bond motifs is 6. The molecule has 0 radical (unpaired) electrons. The van der Waals surface area contributed by atoms with Crippen molar-refractivity contribution in [3.63, 3.8) is 0 Å². The van der Waals surface area contributed by atoms with E-state index in [4.69, 9.17) is 4.42 Å². The first-order chi connectivity index (χ1) is 15.6. The summed E-state index contributed by atoms with van der Waals surface area (Å²) in [4.78, 5) is 28.8. The van der Waals surface area contributed by atoms with Crippen LogP contribution in [0.15, 0.2) is 88.2 Å². The molecule has 0 saturated heterocycles. The monoisotopic (exact) mass is 421 g/mol. The molecule has 1 aliphatic rings.